The van der Waals surface area contributed by atoms with E-state index >= 15 is 0 Å². The molecule has 1 unspecified atom stereocenters. The minimum Gasteiger partial charge on any atom is -0.635 e. The van der Waals surface area contributed by atoms with Crippen LogP contribution in [0.4, 0.5) is 0 Å². The van der Waals surface area contributed by atoms with E-state index in [9.17, 15) is 0 Å². The van der Waals surface area contributed by atoms with Gasteiger partial charge < -0.3 is 24.4 Å². The van der Waals surface area contributed by atoms with Crippen molar-refractivity contribution in [1.29, 1.82) is 0 Å². The number of aliphatic hydroxyl groups is 1. The molecular formula is C50H105O5ReRf-. The second-order valence-electron chi connectivity index (χ2n) is 7.45. The third-order valence-electron chi connectivity index (χ3n) is 3.13. The van der Waals surface area contributed by atoms with Gasteiger partial charge in [-0.15, -0.1) is 0 Å². The summed E-state index contributed by atoms with van der Waals surface area (Å²) in [4.78, 5) is 0. The Labute approximate surface area is 370 Å². The molecule has 0 fully saturated rings. The van der Waals surface area contributed by atoms with Gasteiger partial charge in [-0.2, -0.15) is 0 Å². The van der Waals surface area contributed by atoms with Crippen LogP contribution in [0.2, 0.25) is 0 Å². The Morgan fingerprint density at radius 3 is 0.877 bits per heavy atom. The van der Waals surface area contributed by atoms with Gasteiger partial charge in [0.2, 0.25) is 0 Å². The maximum absolute atomic E-state index is 8.63. The van der Waals surface area contributed by atoms with Gasteiger partial charge in [0.15, 0.2) is 6.29 Å². The molecule has 0 amide bonds. The minimum absolute atomic E-state index is 0. The van der Waals surface area contributed by atoms with Crippen LogP contribution in [0, 0.1) is 6.79 Å². The molecule has 57 heavy (non-hydrogen) atoms. The molecule has 2 N–H and O–H groups in total. The quantitative estimate of drug-likeness (QED) is 0.190. The van der Waals surface area contributed by atoms with Crippen molar-refractivity contribution in [2.75, 3.05) is 6.61 Å². The summed E-state index contributed by atoms with van der Waals surface area (Å²) in [5.41, 5.74) is 0. The van der Waals surface area contributed by atoms with Crippen LogP contribution in [-0.2, 0) is 25.2 Å². The fourth-order valence-electron chi connectivity index (χ4n) is 1.95. The summed E-state index contributed by atoms with van der Waals surface area (Å²) in [5, 5.41) is 16.8. The number of phenolic OH excluding ortho intramolecular Hbond substituents is 1. The van der Waals surface area contributed by atoms with Crippen molar-refractivity contribution in [3.05, 3.63) is 97.8 Å². The van der Waals surface area contributed by atoms with Gasteiger partial charge in [-0.1, -0.05) is 240 Å². The van der Waals surface area contributed by atoms with Gasteiger partial charge in [-0.25, -0.2) is 0 Å². The van der Waals surface area contributed by atoms with E-state index in [-0.39, 0.29) is 26.7 Å². The standard InChI is InChI=1S/C10H14O2.C7H7O2.C6H6O.3C3H8.9C2H6.Re.Rf/c1-3-11-9(2)12-10-7-5-4-6-8-10;8-6-9-7-4-2-1-3-5-7;7-6-4-2-1-3-5-6;3*1-3-2;9*1-2;;/h4-9H,3H2,1-2H3;1-6,8H;1-5,7H;3*3H2,1-2H3;9*1-2H3;;/q;-1;;;;;;;;;;;;;;;. The topological polar surface area (TPSA) is 68.2 Å². The molecular weight excluding hydrogens is 1130 g/mol. The van der Waals surface area contributed by atoms with Gasteiger partial charge in [0.1, 0.15) is 11.5 Å². The van der Waals surface area contributed by atoms with Crippen molar-refractivity contribution in [1.82, 2.24) is 0 Å². The van der Waals surface area contributed by atoms with E-state index in [4.69, 9.17) is 19.7 Å². The van der Waals surface area contributed by atoms with E-state index in [1.54, 1.807) is 36.4 Å². The zero-order valence-corrected chi connectivity index (χ0v) is 52.5. The Balaban J connectivity index is -0.0000000311. The molecule has 345 valence electrons. The molecule has 0 bridgehead atoms. The molecule has 0 aliphatic rings. The average Bonchev–Trinajstić information content (AvgIpc) is 3.27. The van der Waals surface area contributed by atoms with Crippen molar-refractivity contribution in [3.63, 3.8) is 0 Å². The summed E-state index contributed by atoms with van der Waals surface area (Å²) in [5.74, 6) is 1.81. The van der Waals surface area contributed by atoms with E-state index in [0.717, 1.165) is 5.75 Å². The van der Waals surface area contributed by atoms with Crippen LogP contribution in [0.3, 0.4) is 0 Å². The zero-order chi connectivity index (χ0) is 46.6. The monoisotopic (exact) mass is 1240 g/mol. The number of aromatic hydroxyl groups is 1. The fraction of sp³-hybridized carbons (Fsp3) is 0.620. The summed E-state index contributed by atoms with van der Waals surface area (Å²) in [7, 11) is 0. The normalized spacial score (nSPS) is 7.00. The third-order valence-corrected chi connectivity index (χ3v) is 3.13. The molecule has 0 saturated heterocycles. The predicted octanol–water partition coefficient (Wildman–Crippen LogP) is 18.9. The van der Waals surface area contributed by atoms with Crippen molar-refractivity contribution in [2.45, 2.75) is 206 Å². The van der Waals surface area contributed by atoms with Crippen molar-refractivity contribution in [3.8, 4) is 17.2 Å². The Morgan fingerprint density at radius 1 is 0.456 bits per heavy atom. The second kappa shape index (κ2) is 140. The zero-order valence-electron chi connectivity index (χ0n) is 43.3. The van der Waals surface area contributed by atoms with E-state index in [1.807, 2.05) is 193 Å². The third kappa shape index (κ3) is 144. The molecule has 0 spiro atoms. The Kier molecular flexibility index (Phi) is 233. The molecule has 7 heteroatoms. The molecule has 5 nitrogen and oxygen atoms in total. The van der Waals surface area contributed by atoms with Crippen LogP contribution in [0.5, 0.6) is 17.2 Å². The summed E-state index contributed by atoms with van der Waals surface area (Å²) in [6.45, 7) is 53.9. The van der Waals surface area contributed by atoms with Crippen LogP contribution < -0.4 is 9.47 Å². The second-order valence-corrected chi connectivity index (χ2v) is 7.45. The smallest absolute Gasteiger partial charge is 0.196 e. The van der Waals surface area contributed by atoms with E-state index in [1.165, 1.54) is 19.3 Å². The first kappa shape index (κ1) is 94.6. The number of hydrogen-bond acceptors (Lipinski definition) is 5. The number of para-hydroxylation sites is 3. The molecule has 3 aromatic rings. The van der Waals surface area contributed by atoms with Gasteiger partial charge in [-0.05, 0) is 57.0 Å². The summed E-state index contributed by atoms with van der Waals surface area (Å²) in [6, 6.07) is 27.4. The van der Waals surface area contributed by atoms with E-state index in [2.05, 4.69) is 46.3 Å². The van der Waals surface area contributed by atoms with Crippen LogP contribution >= 0.6 is 0 Å². The van der Waals surface area contributed by atoms with Crippen LogP contribution in [0.15, 0.2) is 91.0 Å². The molecule has 0 aliphatic heterocycles. The van der Waals surface area contributed by atoms with Gasteiger partial charge in [0.25, 0.3) is 0 Å². The summed E-state index contributed by atoms with van der Waals surface area (Å²) < 4.78 is 15.3. The summed E-state index contributed by atoms with van der Waals surface area (Å²) >= 11 is 0. The molecule has 0 saturated carbocycles. The number of phenols is 1. The van der Waals surface area contributed by atoms with Gasteiger partial charge in [-0.3, -0.25) is 0 Å². The van der Waals surface area contributed by atoms with Gasteiger partial charge in [0.05, 0.1) is 5.75 Å². The van der Waals surface area contributed by atoms with Gasteiger partial charge in [0, 0.05) is 27.0 Å². The van der Waals surface area contributed by atoms with Gasteiger partial charge >= 0.3 is 0 Å². The molecule has 0 aromatic heterocycles. The first-order valence-electron chi connectivity index (χ1n) is 22.1. The minimum atomic E-state index is -0.169. The number of ether oxygens (including phenoxy) is 3. The first-order chi connectivity index (χ1) is 26.9. The molecule has 1 atom stereocenters. The summed E-state index contributed by atoms with van der Waals surface area (Å²) in [6.07, 6.45) is 3.58. The first-order valence-corrected chi connectivity index (χ1v) is 22.1. The molecule has 3 aromatic carbocycles. The van der Waals surface area contributed by atoms with Crippen molar-refractivity contribution < 1.29 is 44.8 Å². The molecule has 1 radical (unpaired) electrons. The van der Waals surface area contributed by atoms with Crippen LogP contribution in [0.25, 0.3) is 0 Å². The number of benzene rings is 3. The SMILES string of the molecule is CC.CC.CC.CC.CC.CC.CC.CC.CC.CCC.CCC.CCC.CCOC(C)Oc1ccccc1.O[CH-]Oc1ccccc1.Oc1ccccc1.[Re].[Rf]. The van der Waals surface area contributed by atoms with Crippen molar-refractivity contribution >= 4 is 0 Å². The maximum atomic E-state index is 8.63. The Morgan fingerprint density at radius 2 is 0.684 bits per heavy atom. The molecule has 0 heterocycles. The van der Waals surface area contributed by atoms with Crippen molar-refractivity contribution in [2.24, 2.45) is 0 Å². The van der Waals surface area contributed by atoms with Crippen LogP contribution in [0.1, 0.15) is 199 Å². The number of aliphatic hydroxyl groups excluding tert-OH is 1. The number of hydrogen-bond donors (Lipinski definition) is 2. The number of rotatable bonds is 6. The Bertz CT molecular complexity index is 765. The van der Waals surface area contributed by atoms with E-state index in [0.29, 0.717) is 24.9 Å². The largest absolute Gasteiger partial charge is 0.635 e. The average molecular weight is 1240 g/mol. The fourth-order valence-corrected chi connectivity index (χ4v) is 1.95. The predicted molar refractivity (Wildman–Crippen MR) is 260 cm³/mol. The molecule has 3 rings (SSSR count). The van der Waals surface area contributed by atoms with E-state index < -0.39 is 0 Å². The Hall–Kier alpha value is -3.36. The van der Waals surface area contributed by atoms with Crippen LogP contribution in [-0.4, -0.2) is 23.1 Å². The maximum Gasteiger partial charge on any atom is 0.196 e. The molecule has 0 aliphatic carbocycles.